The number of benzene rings is 1. The van der Waals surface area contributed by atoms with Crippen LogP contribution in [0.25, 0.3) is 0 Å². The largest absolute Gasteiger partial charge is 0.444 e. The molecule has 0 bridgehead atoms. The average Bonchev–Trinajstić information content (AvgIpc) is 2.97. The van der Waals surface area contributed by atoms with Crippen molar-refractivity contribution in [2.24, 2.45) is 0 Å². The number of carbonyl (C=O) groups is 1. The summed E-state index contributed by atoms with van der Waals surface area (Å²) in [6.45, 7) is 6.26. The predicted molar refractivity (Wildman–Crippen MR) is 65.0 cm³/mol. The van der Waals surface area contributed by atoms with Crippen molar-refractivity contribution in [1.82, 2.24) is 0 Å². The molecular weight excluding hydrogens is 218 g/mol. The molecule has 1 amide bonds. The molecule has 1 aromatic rings. The van der Waals surface area contributed by atoms with Gasteiger partial charge in [-0.3, -0.25) is 5.32 Å². The maximum atomic E-state index is 11.6. The molecule has 1 aliphatic heterocycles. The number of nitrogens with one attached hydrogen (secondary N) is 1. The van der Waals surface area contributed by atoms with E-state index in [9.17, 15) is 4.79 Å². The van der Waals surface area contributed by atoms with Gasteiger partial charge in [0.15, 0.2) is 0 Å². The Hall–Kier alpha value is -1.55. The molecule has 0 aromatic heterocycles. The number of hydrogen-bond acceptors (Lipinski definition) is 3. The van der Waals surface area contributed by atoms with Crippen LogP contribution in [0.3, 0.4) is 0 Å². The Bertz CT molecular complexity index is 419. The fourth-order valence-corrected chi connectivity index (χ4v) is 1.48. The van der Waals surface area contributed by atoms with Crippen molar-refractivity contribution < 1.29 is 14.3 Å². The van der Waals surface area contributed by atoms with E-state index in [0.717, 1.165) is 17.9 Å². The van der Waals surface area contributed by atoms with Crippen LogP contribution in [0.2, 0.25) is 0 Å². The van der Waals surface area contributed by atoms with Crippen LogP contribution in [-0.4, -0.2) is 18.3 Å². The SMILES string of the molecule is CC(C)(C)OC(=O)Nc1cccc([C@@H]2CO2)c1. The van der Waals surface area contributed by atoms with E-state index in [2.05, 4.69) is 5.32 Å². The van der Waals surface area contributed by atoms with Gasteiger partial charge in [-0.2, -0.15) is 0 Å². The van der Waals surface area contributed by atoms with Gasteiger partial charge >= 0.3 is 6.09 Å². The van der Waals surface area contributed by atoms with Gasteiger partial charge in [-0.1, -0.05) is 12.1 Å². The Morgan fingerprint density at radius 1 is 1.47 bits per heavy atom. The molecule has 2 rings (SSSR count). The summed E-state index contributed by atoms with van der Waals surface area (Å²) < 4.78 is 10.4. The molecule has 1 atom stereocenters. The predicted octanol–water partition coefficient (Wildman–Crippen LogP) is 3.10. The summed E-state index contributed by atoms with van der Waals surface area (Å²) in [6, 6.07) is 7.61. The van der Waals surface area contributed by atoms with E-state index in [1.54, 1.807) is 0 Å². The molecule has 0 saturated carbocycles. The zero-order valence-corrected chi connectivity index (χ0v) is 10.3. The molecule has 4 heteroatoms. The highest BCUT2D eigenvalue weighted by Crippen LogP contribution is 2.31. The first-order chi connectivity index (χ1) is 7.94. The maximum Gasteiger partial charge on any atom is 0.412 e. The Morgan fingerprint density at radius 3 is 2.76 bits per heavy atom. The van der Waals surface area contributed by atoms with E-state index >= 15 is 0 Å². The Labute approximate surface area is 101 Å². The highest BCUT2D eigenvalue weighted by atomic mass is 16.6. The van der Waals surface area contributed by atoms with E-state index in [1.165, 1.54) is 0 Å². The van der Waals surface area contributed by atoms with E-state index in [4.69, 9.17) is 9.47 Å². The molecule has 1 heterocycles. The smallest absolute Gasteiger partial charge is 0.412 e. The van der Waals surface area contributed by atoms with Crippen LogP contribution in [0.5, 0.6) is 0 Å². The molecule has 1 fully saturated rings. The first-order valence-electron chi connectivity index (χ1n) is 5.66. The summed E-state index contributed by atoms with van der Waals surface area (Å²) >= 11 is 0. The third kappa shape index (κ3) is 3.75. The van der Waals surface area contributed by atoms with Gasteiger partial charge in [0, 0.05) is 5.69 Å². The molecular formula is C13H17NO3. The molecule has 4 nitrogen and oxygen atoms in total. The molecule has 1 aromatic carbocycles. The number of anilines is 1. The Morgan fingerprint density at radius 2 is 2.18 bits per heavy atom. The van der Waals surface area contributed by atoms with Crippen LogP contribution in [0.4, 0.5) is 10.5 Å². The molecule has 92 valence electrons. The molecule has 0 unspecified atom stereocenters. The van der Waals surface area contributed by atoms with Crippen LogP contribution in [0.1, 0.15) is 32.4 Å². The van der Waals surface area contributed by atoms with E-state index in [1.807, 2.05) is 45.0 Å². The lowest BCUT2D eigenvalue weighted by Gasteiger charge is -2.19. The van der Waals surface area contributed by atoms with Gasteiger partial charge in [0.05, 0.1) is 6.61 Å². The number of hydrogen-bond donors (Lipinski definition) is 1. The van der Waals surface area contributed by atoms with Gasteiger partial charge in [0.25, 0.3) is 0 Å². The molecule has 1 aliphatic rings. The molecule has 1 N–H and O–H groups in total. The normalized spacial score (nSPS) is 18.6. The van der Waals surface area contributed by atoms with E-state index in [-0.39, 0.29) is 6.10 Å². The van der Waals surface area contributed by atoms with Crippen molar-refractivity contribution in [2.45, 2.75) is 32.5 Å². The van der Waals surface area contributed by atoms with E-state index in [0.29, 0.717) is 0 Å². The van der Waals surface area contributed by atoms with Gasteiger partial charge in [0.2, 0.25) is 0 Å². The first kappa shape index (κ1) is 11.9. The fraction of sp³-hybridized carbons (Fsp3) is 0.462. The number of ether oxygens (including phenoxy) is 2. The minimum absolute atomic E-state index is 0.190. The minimum atomic E-state index is -0.485. The van der Waals surface area contributed by atoms with Crippen LogP contribution >= 0.6 is 0 Å². The average molecular weight is 235 g/mol. The lowest BCUT2D eigenvalue weighted by molar-refractivity contribution is 0.0636. The van der Waals surface area contributed by atoms with Crippen LogP contribution < -0.4 is 5.32 Å². The summed E-state index contributed by atoms with van der Waals surface area (Å²) in [5.41, 5.74) is 1.33. The summed E-state index contributed by atoms with van der Waals surface area (Å²) in [7, 11) is 0. The van der Waals surface area contributed by atoms with Crippen LogP contribution in [-0.2, 0) is 9.47 Å². The lowest BCUT2D eigenvalue weighted by atomic mass is 10.1. The summed E-state index contributed by atoms with van der Waals surface area (Å²) in [5, 5.41) is 2.70. The van der Waals surface area contributed by atoms with Crippen molar-refractivity contribution in [3.8, 4) is 0 Å². The number of rotatable bonds is 2. The van der Waals surface area contributed by atoms with Gasteiger partial charge in [-0.05, 0) is 38.5 Å². The number of carbonyl (C=O) groups excluding carboxylic acids is 1. The monoisotopic (exact) mass is 235 g/mol. The van der Waals surface area contributed by atoms with Crippen LogP contribution in [0, 0.1) is 0 Å². The second kappa shape index (κ2) is 4.37. The van der Waals surface area contributed by atoms with Crippen LogP contribution in [0.15, 0.2) is 24.3 Å². The molecule has 0 radical (unpaired) electrons. The highest BCUT2D eigenvalue weighted by Gasteiger charge is 2.25. The zero-order chi connectivity index (χ0) is 12.5. The third-order valence-electron chi connectivity index (χ3n) is 2.24. The number of epoxide rings is 1. The van der Waals surface area contributed by atoms with Crippen molar-refractivity contribution in [1.29, 1.82) is 0 Å². The first-order valence-corrected chi connectivity index (χ1v) is 5.66. The standard InChI is InChI=1S/C13H17NO3/c1-13(2,3)17-12(15)14-10-6-4-5-9(7-10)11-8-16-11/h4-7,11H,8H2,1-3H3,(H,14,15)/t11-/m0/s1. The molecule has 0 spiro atoms. The van der Waals surface area contributed by atoms with Gasteiger partial charge in [-0.25, -0.2) is 4.79 Å². The lowest BCUT2D eigenvalue weighted by Crippen LogP contribution is -2.27. The topological polar surface area (TPSA) is 50.9 Å². The second-order valence-corrected chi connectivity index (χ2v) is 5.07. The summed E-state index contributed by atoms with van der Waals surface area (Å²) in [6.07, 6.45) is -0.248. The zero-order valence-electron chi connectivity index (χ0n) is 10.3. The third-order valence-corrected chi connectivity index (χ3v) is 2.24. The second-order valence-electron chi connectivity index (χ2n) is 5.07. The van der Waals surface area contributed by atoms with Crippen molar-refractivity contribution >= 4 is 11.8 Å². The summed E-state index contributed by atoms with van der Waals surface area (Å²) in [4.78, 5) is 11.6. The number of amides is 1. The van der Waals surface area contributed by atoms with Crippen molar-refractivity contribution in [3.63, 3.8) is 0 Å². The van der Waals surface area contributed by atoms with E-state index < -0.39 is 11.7 Å². The minimum Gasteiger partial charge on any atom is -0.444 e. The Kier molecular flexibility index (Phi) is 3.07. The fourth-order valence-electron chi connectivity index (χ4n) is 1.48. The van der Waals surface area contributed by atoms with Crippen molar-refractivity contribution in [2.75, 3.05) is 11.9 Å². The van der Waals surface area contributed by atoms with Gasteiger partial charge in [0.1, 0.15) is 11.7 Å². The summed E-state index contributed by atoms with van der Waals surface area (Å²) in [5.74, 6) is 0. The highest BCUT2D eigenvalue weighted by molar-refractivity contribution is 5.84. The van der Waals surface area contributed by atoms with Gasteiger partial charge in [-0.15, -0.1) is 0 Å². The Balaban J connectivity index is 1.98. The molecule has 0 aliphatic carbocycles. The molecule has 17 heavy (non-hydrogen) atoms. The quantitative estimate of drug-likeness (QED) is 0.801. The molecule has 1 saturated heterocycles. The van der Waals surface area contributed by atoms with Crippen molar-refractivity contribution in [3.05, 3.63) is 29.8 Å². The van der Waals surface area contributed by atoms with Gasteiger partial charge < -0.3 is 9.47 Å². The maximum absolute atomic E-state index is 11.6.